The van der Waals surface area contributed by atoms with E-state index in [1.165, 1.54) is 18.4 Å². The minimum Gasteiger partial charge on any atom is -0.459 e. The third-order valence-electron chi connectivity index (χ3n) is 5.94. The van der Waals surface area contributed by atoms with E-state index < -0.39 is 0 Å². The molecule has 0 bridgehead atoms. The van der Waals surface area contributed by atoms with Crippen LogP contribution in [0.25, 0.3) is 16.9 Å². The standard InChI is InChI=1S/C26H25FN4O2/c1-19-5-2-8-23(15-19)31-18-21(25(28-31)20-6-3-7-22(27)16-20)17-29-10-12-30(13-11-29)26(32)24-9-4-14-33-24/h2-9,14-16,18H,10-13,17H2,1H3. The van der Waals surface area contributed by atoms with Crippen LogP contribution in [0.1, 0.15) is 21.7 Å². The third-order valence-corrected chi connectivity index (χ3v) is 5.94. The number of halogens is 1. The van der Waals surface area contributed by atoms with Crippen LogP contribution in [0, 0.1) is 12.7 Å². The maximum absolute atomic E-state index is 14.0. The summed E-state index contributed by atoms with van der Waals surface area (Å²) < 4.78 is 21.1. The lowest BCUT2D eigenvalue weighted by Crippen LogP contribution is -2.48. The van der Waals surface area contributed by atoms with Crippen molar-refractivity contribution in [2.45, 2.75) is 13.5 Å². The molecule has 1 aliphatic rings. The maximum atomic E-state index is 14.0. The Hall–Kier alpha value is -3.71. The number of benzene rings is 2. The molecule has 0 atom stereocenters. The van der Waals surface area contributed by atoms with E-state index in [9.17, 15) is 9.18 Å². The molecule has 6 nitrogen and oxygen atoms in total. The Bertz CT molecular complexity index is 1260. The van der Waals surface area contributed by atoms with Crippen molar-refractivity contribution in [2.24, 2.45) is 0 Å². The molecule has 1 fully saturated rings. The minimum atomic E-state index is -0.284. The van der Waals surface area contributed by atoms with Gasteiger partial charge in [-0.1, -0.05) is 24.3 Å². The summed E-state index contributed by atoms with van der Waals surface area (Å²) >= 11 is 0. The zero-order valence-electron chi connectivity index (χ0n) is 18.4. The molecule has 0 unspecified atom stereocenters. The van der Waals surface area contributed by atoms with Crippen LogP contribution < -0.4 is 0 Å². The monoisotopic (exact) mass is 444 g/mol. The van der Waals surface area contributed by atoms with Crippen LogP contribution in [0.3, 0.4) is 0 Å². The molecule has 168 valence electrons. The molecule has 3 heterocycles. The molecule has 0 spiro atoms. The first-order chi connectivity index (χ1) is 16.1. The van der Waals surface area contributed by atoms with E-state index in [1.807, 2.05) is 47.0 Å². The number of carbonyl (C=O) groups is 1. The zero-order chi connectivity index (χ0) is 22.8. The molecule has 5 rings (SSSR count). The molecule has 1 aliphatic heterocycles. The smallest absolute Gasteiger partial charge is 0.289 e. The van der Waals surface area contributed by atoms with Gasteiger partial charge in [-0.05, 0) is 48.9 Å². The minimum absolute atomic E-state index is 0.0765. The Morgan fingerprint density at radius 3 is 2.58 bits per heavy atom. The lowest BCUT2D eigenvalue weighted by atomic mass is 10.1. The average molecular weight is 445 g/mol. The fourth-order valence-electron chi connectivity index (χ4n) is 4.21. The number of carbonyl (C=O) groups excluding carboxylic acids is 1. The van der Waals surface area contributed by atoms with Gasteiger partial charge in [0.2, 0.25) is 0 Å². The lowest BCUT2D eigenvalue weighted by Gasteiger charge is -2.34. The van der Waals surface area contributed by atoms with Crippen molar-refractivity contribution in [1.29, 1.82) is 0 Å². The average Bonchev–Trinajstić information content (AvgIpc) is 3.50. The van der Waals surface area contributed by atoms with Crippen molar-refractivity contribution in [3.05, 3.63) is 95.8 Å². The second kappa shape index (κ2) is 9.03. The van der Waals surface area contributed by atoms with Gasteiger partial charge in [0, 0.05) is 50.0 Å². The van der Waals surface area contributed by atoms with Crippen molar-refractivity contribution in [2.75, 3.05) is 26.2 Å². The lowest BCUT2D eigenvalue weighted by molar-refractivity contribution is 0.0598. The molecule has 2 aromatic heterocycles. The second-order valence-corrected chi connectivity index (χ2v) is 8.34. The van der Waals surface area contributed by atoms with E-state index in [0.717, 1.165) is 41.2 Å². The molecule has 0 N–H and O–H groups in total. The quantitative estimate of drug-likeness (QED) is 0.454. The third kappa shape index (κ3) is 4.59. The molecular formula is C26H25FN4O2. The fraction of sp³-hybridized carbons (Fsp3) is 0.231. The topological polar surface area (TPSA) is 54.5 Å². The summed E-state index contributed by atoms with van der Waals surface area (Å²) in [5.41, 5.74) is 4.66. The molecule has 33 heavy (non-hydrogen) atoms. The molecule has 1 amide bonds. The van der Waals surface area contributed by atoms with E-state index in [-0.39, 0.29) is 11.7 Å². The Morgan fingerprint density at radius 1 is 1.03 bits per heavy atom. The van der Waals surface area contributed by atoms with Crippen molar-refractivity contribution in [1.82, 2.24) is 19.6 Å². The molecule has 4 aromatic rings. The van der Waals surface area contributed by atoms with Crippen LogP contribution in [0.15, 0.2) is 77.5 Å². The summed E-state index contributed by atoms with van der Waals surface area (Å²) in [5, 5.41) is 4.82. The fourth-order valence-corrected chi connectivity index (χ4v) is 4.21. The predicted molar refractivity (Wildman–Crippen MR) is 124 cm³/mol. The van der Waals surface area contributed by atoms with Crippen LogP contribution in [0.2, 0.25) is 0 Å². The molecule has 0 saturated carbocycles. The van der Waals surface area contributed by atoms with Gasteiger partial charge < -0.3 is 9.32 Å². The largest absolute Gasteiger partial charge is 0.459 e. The summed E-state index contributed by atoms with van der Waals surface area (Å²) in [5.74, 6) is 0.0113. The predicted octanol–water partition coefficient (Wildman–Crippen LogP) is 4.54. The zero-order valence-corrected chi connectivity index (χ0v) is 18.4. The number of hydrogen-bond acceptors (Lipinski definition) is 4. The van der Waals surface area contributed by atoms with E-state index in [0.29, 0.717) is 25.4 Å². The van der Waals surface area contributed by atoms with Gasteiger partial charge in [-0.25, -0.2) is 9.07 Å². The van der Waals surface area contributed by atoms with Gasteiger partial charge in [0.1, 0.15) is 5.82 Å². The van der Waals surface area contributed by atoms with Crippen molar-refractivity contribution >= 4 is 5.91 Å². The summed E-state index contributed by atoms with van der Waals surface area (Å²) in [6.07, 6.45) is 3.54. The van der Waals surface area contributed by atoms with E-state index in [1.54, 1.807) is 18.2 Å². The highest BCUT2D eigenvalue weighted by molar-refractivity contribution is 5.91. The second-order valence-electron chi connectivity index (χ2n) is 8.34. The molecule has 7 heteroatoms. The van der Waals surface area contributed by atoms with Gasteiger partial charge in [0.25, 0.3) is 5.91 Å². The number of hydrogen-bond donors (Lipinski definition) is 0. The Balaban J connectivity index is 1.37. The molecular weight excluding hydrogens is 419 g/mol. The number of nitrogens with zero attached hydrogens (tertiary/aromatic N) is 4. The van der Waals surface area contributed by atoms with Crippen molar-refractivity contribution in [3.8, 4) is 16.9 Å². The molecule has 1 saturated heterocycles. The normalized spacial score (nSPS) is 14.5. The highest BCUT2D eigenvalue weighted by Gasteiger charge is 2.25. The highest BCUT2D eigenvalue weighted by atomic mass is 19.1. The maximum Gasteiger partial charge on any atom is 0.289 e. The first-order valence-corrected chi connectivity index (χ1v) is 11.0. The number of piperazine rings is 1. The van der Waals surface area contributed by atoms with Gasteiger partial charge in [-0.2, -0.15) is 5.10 Å². The molecule has 0 aliphatic carbocycles. The van der Waals surface area contributed by atoms with Crippen LogP contribution in [0.4, 0.5) is 4.39 Å². The van der Waals surface area contributed by atoms with Gasteiger partial charge >= 0.3 is 0 Å². The number of aromatic nitrogens is 2. The first-order valence-electron chi connectivity index (χ1n) is 11.0. The van der Waals surface area contributed by atoms with Gasteiger partial charge in [0.05, 0.1) is 17.6 Å². The number of amides is 1. The van der Waals surface area contributed by atoms with Crippen molar-refractivity contribution < 1.29 is 13.6 Å². The Morgan fingerprint density at radius 2 is 1.85 bits per heavy atom. The van der Waals surface area contributed by atoms with Crippen LogP contribution >= 0.6 is 0 Å². The summed E-state index contributed by atoms with van der Waals surface area (Å²) in [7, 11) is 0. The van der Waals surface area contributed by atoms with Gasteiger partial charge in [-0.3, -0.25) is 9.69 Å². The number of furan rings is 1. The van der Waals surface area contributed by atoms with Crippen LogP contribution in [-0.2, 0) is 6.54 Å². The van der Waals surface area contributed by atoms with Crippen LogP contribution in [-0.4, -0.2) is 51.7 Å². The van der Waals surface area contributed by atoms with E-state index in [2.05, 4.69) is 11.0 Å². The summed E-state index contributed by atoms with van der Waals surface area (Å²) in [6, 6.07) is 18.1. The van der Waals surface area contributed by atoms with E-state index >= 15 is 0 Å². The number of aryl methyl sites for hydroxylation is 1. The Kier molecular flexibility index (Phi) is 5.79. The SMILES string of the molecule is Cc1cccc(-n2cc(CN3CCN(C(=O)c4ccco4)CC3)c(-c3cccc(F)c3)n2)c1. The molecule has 0 radical (unpaired) electrons. The summed E-state index contributed by atoms with van der Waals surface area (Å²) in [6.45, 7) is 5.45. The Labute approximate surface area is 191 Å². The first kappa shape index (κ1) is 21.2. The van der Waals surface area contributed by atoms with Gasteiger partial charge in [0.15, 0.2) is 5.76 Å². The van der Waals surface area contributed by atoms with Crippen molar-refractivity contribution in [3.63, 3.8) is 0 Å². The van der Waals surface area contributed by atoms with E-state index in [4.69, 9.17) is 9.52 Å². The van der Waals surface area contributed by atoms with Crippen LogP contribution in [0.5, 0.6) is 0 Å². The summed E-state index contributed by atoms with van der Waals surface area (Å²) in [4.78, 5) is 16.7. The number of rotatable bonds is 5. The highest BCUT2D eigenvalue weighted by Crippen LogP contribution is 2.26. The molecule has 2 aromatic carbocycles. The van der Waals surface area contributed by atoms with Gasteiger partial charge in [-0.15, -0.1) is 0 Å².